The number of aryl methyl sites for hydroxylation is 2. The maximum atomic E-state index is 12.9. The SMILES string of the molecule is Cc1ccccc1S(=O)(=O)Nc1cccnc1CCC1=C[C@H](CC(=O)OC(C)(C)C)ON1. The van der Waals surface area contributed by atoms with Crippen LogP contribution < -0.4 is 10.2 Å². The number of sulfonamides is 1. The summed E-state index contributed by atoms with van der Waals surface area (Å²) in [6, 6.07) is 10.2. The molecule has 9 heteroatoms. The number of nitrogens with one attached hydrogen (secondary N) is 2. The minimum absolute atomic E-state index is 0.110. The van der Waals surface area contributed by atoms with E-state index in [1.807, 2.05) is 26.8 Å². The molecule has 0 bridgehead atoms. The molecule has 2 aromatic rings. The number of hydrogen-bond acceptors (Lipinski definition) is 7. The average Bonchev–Trinajstić information content (AvgIpc) is 3.13. The predicted molar refractivity (Wildman–Crippen MR) is 121 cm³/mol. The highest BCUT2D eigenvalue weighted by Gasteiger charge is 2.24. The number of aromatic nitrogens is 1. The largest absolute Gasteiger partial charge is 0.460 e. The van der Waals surface area contributed by atoms with Gasteiger partial charge in [0.2, 0.25) is 0 Å². The van der Waals surface area contributed by atoms with Crippen LogP contribution in [0.15, 0.2) is 59.3 Å². The van der Waals surface area contributed by atoms with Crippen LogP contribution in [0.25, 0.3) is 0 Å². The Hall–Kier alpha value is -2.91. The Morgan fingerprint density at radius 3 is 2.66 bits per heavy atom. The van der Waals surface area contributed by atoms with E-state index in [0.717, 1.165) is 5.70 Å². The van der Waals surface area contributed by atoms with Crippen LogP contribution in [0.3, 0.4) is 0 Å². The molecule has 0 fully saturated rings. The lowest BCUT2D eigenvalue weighted by Gasteiger charge is -2.20. The predicted octanol–water partition coefficient (Wildman–Crippen LogP) is 3.64. The van der Waals surface area contributed by atoms with Crippen molar-refractivity contribution in [3.63, 3.8) is 0 Å². The van der Waals surface area contributed by atoms with Crippen molar-refractivity contribution in [1.29, 1.82) is 0 Å². The summed E-state index contributed by atoms with van der Waals surface area (Å²) in [5, 5.41) is 0. The molecule has 1 atom stereocenters. The van der Waals surface area contributed by atoms with Gasteiger partial charge in [0.25, 0.3) is 10.0 Å². The first-order chi connectivity index (χ1) is 15.0. The van der Waals surface area contributed by atoms with Crippen LogP contribution in [0.4, 0.5) is 5.69 Å². The lowest BCUT2D eigenvalue weighted by molar-refractivity contribution is -0.157. The fourth-order valence-corrected chi connectivity index (χ4v) is 4.60. The maximum Gasteiger partial charge on any atom is 0.309 e. The van der Waals surface area contributed by atoms with Gasteiger partial charge in [0.1, 0.15) is 11.7 Å². The van der Waals surface area contributed by atoms with E-state index in [4.69, 9.17) is 9.57 Å². The van der Waals surface area contributed by atoms with Crippen molar-refractivity contribution in [3.8, 4) is 0 Å². The summed E-state index contributed by atoms with van der Waals surface area (Å²) < 4.78 is 33.7. The summed E-state index contributed by atoms with van der Waals surface area (Å²) >= 11 is 0. The van der Waals surface area contributed by atoms with E-state index in [1.165, 1.54) is 0 Å². The topological polar surface area (TPSA) is 107 Å². The lowest BCUT2D eigenvalue weighted by atomic mass is 10.1. The Balaban J connectivity index is 1.64. The maximum absolute atomic E-state index is 12.9. The number of rotatable bonds is 8. The number of anilines is 1. The number of nitrogens with zero attached hydrogens (tertiary/aromatic N) is 1. The van der Waals surface area contributed by atoms with E-state index in [-0.39, 0.29) is 17.3 Å². The first-order valence-electron chi connectivity index (χ1n) is 10.4. The lowest BCUT2D eigenvalue weighted by Crippen LogP contribution is -2.26. The molecule has 172 valence electrons. The highest BCUT2D eigenvalue weighted by molar-refractivity contribution is 7.92. The summed E-state index contributed by atoms with van der Waals surface area (Å²) in [5.74, 6) is -0.334. The molecule has 1 aliphatic rings. The molecule has 0 saturated carbocycles. The zero-order valence-corrected chi connectivity index (χ0v) is 19.5. The summed E-state index contributed by atoms with van der Waals surface area (Å²) in [4.78, 5) is 22.0. The van der Waals surface area contributed by atoms with Gasteiger partial charge in [-0.2, -0.15) is 0 Å². The number of carbonyl (C=O) groups is 1. The van der Waals surface area contributed by atoms with E-state index in [1.54, 1.807) is 49.5 Å². The van der Waals surface area contributed by atoms with E-state index in [9.17, 15) is 13.2 Å². The van der Waals surface area contributed by atoms with Crippen molar-refractivity contribution in [2.24, 2.45) is 0 Å². The van der Waals surface area contributed by atoms with E-state index >= 15 is 0 Å². The Morgan fingerprint density at radius 1 is 1.19 bits per heavy atom. The van der Waals surface area contributed by atoms with E-state index in [2.05, 4.69) is 15.2 Å². The Morgan fingerprint density at radius 2 is 1.94 bits per heavy atom. The van der Waals surface area contributed by atoms with Gasteiger partial charge >= 0.3 is 5.97 Å². The third kappa shape index (κ3) is 6.54. The number of benzene rings is 1. The monoisotopic (exact) mass is 459 g/mol. The molecule has 3 rings (SSSR count). The Bertz CT molecular complexity index is 1110. The molecule has 1 aliphatic heterocycles. The molecular formula is C23H29N3O5S. The van der Waals surface area contributed by atoms with Crippen LogP contribution >= 0.6 is 0 Å². The van der Waals surface area contributed by atoms with E-state index < -0.39 is 21.7 Å². The molecule has 0 unspecified atom stereocenters. The molecule has 32 heavy (non-hydrogen) atoms. The van der Waals surface area contributed by atoms with Gasteiger partial charge in [-0.3, -0.25) is 24.8 Å². The molecule has 0 radical (unpaired) electrons. The molecule has 0 saturated heterocycles. The first-order valence-corrected chi connectivity index (χ1v) is 11.9. The molecule has 1 aromatic heterocycles. The second-order valence-corrected chi connectivity index (χ2v) is 10.3. The third-order valence-electron chi connectivity index (χ3n) is 4.67. The number of hydroxylamine groups is 1. The average molecular weight is 460 g/mol. The number of ether oxygens (including phenoxy) is 1. The standard InChI is InChI=1S/C23H29N3O5S/c1-16-8-5-6-10-21(16)32(28,29)26-20-9-7-13-24-19(20)12-11-17-14-18(31-25-17)15-22(27)30-23(2,3)4/h5-10,13-14,18,25-26H,11-12,15H2,1-4H3/t18-/m1/s1. The van der Waals surface area contributed by atoms with E-state index in [0.29, 0.717) is 29.8 Å². The van der Waals surface area contributed by atoms with Crippen LogP contribution in [0, 0.1) is 6.92 Å². The number of hydrogen-bond donors (Lipinski definition) is 2. The number of pyridine rings is 1. The van der Waals surface area contributed by atoms with Crippen molar-refractivity contribution in [2.45, 2.75) is 63.6 Å². The molecule has 2 N–H and O–H groups in total. The Kier molecular flexibility index (Phi) is 7.20. The zero-order chi connectivity index (χ0) is 23.4. The molecule has 0 aliphatic carbocycles. The minimum Gasteiger partial charge on any atom is -0.460 e. The normalized spacial score (nSPS) is 16.2. The highest BCUT2D eigenvalue weighted by Crippen LogP contribution is 2.23. The van der Waals surface area contributed by atoms with Crippen molar-refractivity contribution in [1.82, 2.24) is 10.5 Å². The second kappa shape index (κ2) is 9.70. The second-order valence-electron chi connectivity index (χ2n) is 8.61. The van der Waals surface area contributed by atoms with Crippen LogP contribution in [0.1, 0.15) is 44.9 Å². The molecule has 8 nitrogen and oxygen atoms in total. The molecule has 2 heterocycles. The number of allylic oxidation sites excluding steroid dienone is 1. The molecule has 0 spiro atoms. The van der Waals surface area contributed by atoms with Crippen molar-refractivity contribution in [2.75, 3.05) is 4.72 Å². The van der Waals surface area contributed by atoms with Gasteiger partial charge in [0, 0.05) is 11.9 Å². The highest BCUT2D eigenvalue weighted by atomic mass is 32.2. The Labute approximate surface area is 189 Å². The van der Waals surface area contributed by atoms with Crippen molar-refractivity contribution in [3.05, 3.63) is 65.6 Å². The van der Waals surface area contributed by atoms with Crippen LogP contribution in [0.2, 0.25) is 0 Å². The van der Waals surface area contributed by atoms with Gasteiger partial charge in [-0.05, 0) is 70.4 Å². The fourth-order valence-electron chi connectivity index (χ4n) is 3.27. The quantitative estimate of drug-likeness (QED) is 0.581. The summed E-state index contributed by atoms with van der Waals surface area (Å²) in [6.07, 6.45) is 4.18. The fraction of sp³-hybridized carbons (Fsp3) is 0.391. The van der Waals surface area contributed by atoms with Gasteiger partial charge in [-0.15, -0.1) is 0 Å². The third-order valence-corrected chi connectivity index (χ3v) is 6.19. The summed E-state index contributed by atoms with van der Waals surface area (Å²) in [6.45, 7) is 7.21. The van der Waals surface area contributed by atoms with Crippen molar-refractivity contribution >= 4 is 21.7 Å². The molecular weight excluding hydrogens is 430 g/mol. The van der Waals surface area contributed by atoms with Gasteiger partial charge in [0.05, 0.1) is 22.7 Å². The van der Waals surface area contributed by atoms with Crippen LogP contribution in [0.5, 0.6) is 0 Å². The molecule has 0 amide bonds. The van der Waals surface area contributed by atoms with Crippen LogP contribution in [-0.4, -0.2) is 31.1 Å². The van der Waals surface area contributed by atoms with Gasteiger partial charge in [0.15, 0.2) is 0 Å². The zero-order valence-electron chi connectivity index (χ0n) is 18.7. The van der Waals surface area contributed by atoms with Gasteiger partial charge in [-0.25, -0.2) is 8.42 Å². The van der Waals surface area contributed by atoms with Crippen molar-refractivity contribution < 1.29 is 22.8 Å². The van der Waals surface area contributed by atoms with Gasteiger partial charge < -0.3 is 4.74 Å². The molecule has 1 aromatic carbocycles. The van der Waals surface area contributed by atoms with Crippen LogP contribution in [-0.2, 0) is 30.8 Å². The summed E-state index contributed by atoms with van der Waals surface area (Å²) in [5.41, 5.74) is 4.80. The smallest absolute Gasteiger partial charge is 0.309 e. The number of carbonyl (C=O) groups excluding carboxylic acids is 1. The number of esters is 1. The minimum atomic E-state index is -3.74. The summed E-state index contributed by atoms with van der Waals surface area (Å²) in [7, 11) is -3.74. The van der Waals surface area contributed by atoms with Gasteiger partial charge in [-0.1, -0.05) is 18.2 Å². The first kappa shape index (κ1) is 23.7.